The summed E-state index contributed by atoms with van der Waals surface area (Å²) in [5.41, 5.74) is -0.937. The number of benzene rings is 1. The first kappa shape index (κ1) is 16.3. The van der Waals surface area contributed by atoms with E-state index in [4.69, 9.17) is 4.74 Å². The molecule has 0 radical (unpaired) electrons. The SMILES string of the molecule is CC(NCC1(O)CCOCC1)c1cccc(C(F)(F)F)c1. The quantitative estimate of drug-likeness (QED) is 0.898. The molecular formula is C15H20F3NO2. The maximum Gasteiger partial charge on any atom is 0.416 e. The first-order chi connectivity index (χ1) is 9.80. The Morgan fingerprint density at radius 3 is 2.62 bits per heavy atom. The van der Waals surface area contributed by atoms with Crippen molar-refractivity contribution in [3.63, 3.8) is 0 Å². The molecule has 1 saturated heterocycles. The van der Waals surface area contributed by atoms with Crippen molar-refractivity contribution >= 4 is 0 Å². The van der Waals surface area contributed by atoms with E-state index in [0.29, 0.717) is 38.2 Å². The van der Waals surface area contributed by atoms with Crippen molar-refractivity contribution in [1.82, 2.24) is 5.32 Å². The molecule has 1 heterocycles. The molecule has 0 aromatic heterocycles. The van der Waals surface area contributed by atoms with Crippen molar-refractivity contribution in [1.29, 1.82) is 0 Å². The van der Waals surface area contributed by atoms with Gasteiger partial charge in [0.1, 0.15) is 0 Å². The molecular weight excluding hydrogens is 283 g/mol. The third-order valence-corrected chi connectivity index (χ3v) is 3.87. The second-order valence-electron chi connectivity index (χ2n) is 5.56. The average molecular weight is 303 g/mol. The van der Waals surface area contributed by atoms with E-state index in [0.717, 1.165) is 12.1 Å². The van der Waals surface area contributed by atoms with E-state index in [1.54, 1.807) is 13.0 Å². The zero-order valence-corrected chi connectivity index (χ0v) is 11.9. The lowest BCUT2D eigenvalue weighted by atomic mass is 9.93. The number of aliphatic hydroxyl groups is 1. The minimum absolute atomic E-state index is 0.265. The second kappa shape index (κ2) is 6.34. The fourth-order valence-corrected chi connectivity index (χ4v) is 2.37. The van der Waals surface area contributed by atoms with Crippen molar-refractivity contribution in [3.05, 3.63) is 35.4 Å². The Morgan fingerprint density at radius 1 is 1.33 bits per heavy atom. The van der Waals surface area contributed by atoms with Crippen molar-refractivity contribution in [3.8, 4) is 0 Å². The van der Waals surface area contributed by atoms with Crippen LogP contribution in [0.3, 0.4) is 0 Å². The van der Waals surface area contributed by atoms with Gasteiger partial charge in [0.15, 0.2) is 0 Å². The monoisotopic (exact) mass is 303 g/mol. The molecule has 1 aromatic carbocycles. The highest BCUT2D eigenvalue weighted by molar-refractivity contribution is 5.27. The van der Waals surface area contributed by atoms with Crippen LogP contribution >= 0.6 is 0 Å². The van der Waals surface area contributed by atoms with E-state index in [2.05, 4.69) is 5.32 Å². The molecule has 0 spiro atoms. The Kier molecular flexibility index (Phi) is 4.91. The Hall–Kier alpha value is -1.11. The average Bonchev–Trinajstić information content (AvgIpc) is 2.45. The van der Waals surface area contributed by atoms with Crippen LogP contribution in [-0.2, 0) is 10.9 Å². The number of hydrogen-bond donors (Lipinski definition) is 2. The molecule has 0 aliphatic carbocycles. The van der Waals surface area contributed by atoms with Crippen LogP contribution in [-0.4, -0.2) is 30.5 Å². The molecule has 1 unspecified atom stereocenters. The summed E-state index contributed by atoms with van der Waals surface area (Å²) in [6, 6.07) is 4.99. The normalized spacial score (nSPS) is 20.2. The molecule has 1 atom stereocenters. The molecule has 0 bridgehead atoms. The highest BCUT2D eigenvalue weighted by Gasteiger charge is 2.32. The van der Waals surface area contributed by atoms with Gasteiger partial charge in [-0.05, 0) is 24.6 Å². The van der Waals surface area contributed by atoms with Crippen LogP contribution in [0.4, 0.5) is 13.2 Å². The number of hydrogen-bond acceptors (Lipinski definition) is 3. The molecule has 1 aromatic rings. The van der Waals surface area contributed by atoms with Gasteiger partial charge in [-0.25, -0.2) is 0 Å². The van der Waals surface area contributed by atoms with Crippen molar-refractivity contribution in [2.75, 3.05) is 19.8 Å². The molecule has 0 saturated carbocycles. The summed E-state index contributed by atoms with van der Waals surface area (Å²) in [4.78, 5) is 0. The molecule has 6 heteroatoms. The zero-order chi connectivity index (χ0) is 15.5. The van der Waals surface area contributed by atoms with Crippen molar-refractivity contribution < 1.29 is 23.0 Å². The molecule has 0 amide bonds. The summed E-state index contributed by atoms with van der Waals surface area (Å²) >= 11 is 0. The molecule has 21 heavy (non-hydrogen) atoms. The van der Waals surface area contributed by atoms with Gasteiger partial charge in [-0.15, -0.1) is 0 Å². The van der Waals surface area contributed by atoms with Crippen LogP contribution < -0.4 is 5.32 Å². The first-order valence-corrected chi connectivity index (χ1v) is 7.01. The van der Waals surface area contributed by atoms with Crippen LogP contribution in [0, 0.1) is 0 Å². The number of alkyl halides is 3. The maximum absolute atomic E-state index is 12.7. The van der Waals surface area contributed by atoms with Gasteiger partial charge in [-0.3, -0.25) is 0 Å². The summed E-state index contributed by atoms with van der Waals surface area (Å²) in [5, 5.41) is 13.4. The van der Waals surface area contributed by atoms with Crippen molar-refractivity contribution in [2.24, 2.45) is 0 Å². The lowest BCUT2D eigenvalue weighted by Crippen LogP contribution is -2.45. The summed E-state index contributed by atoms with van der Waals surface area (Å²) < 4.78 is 43.3. The summed E-state index contributed by atoms with van der Waals surface area (Å²) in [5.74, 6) is 0. The van der Waals surface area contributed by atoms with Crippen LogP contribution in [0.15, 0.2) is 24.3 Å². The van der Waals surface area contributed by atoms with Gasteiger partial charge in [-0.1, -0.05) is 12.1 Å². The molecule has 3 nitrogen and oxygen atoms in total. The summed E-state index contributed by atoms with van der Waals surface area (Å²) in [6.07, 6.45) is -3.26. The number of ether oxygens (including phenoxy) is 1. The fraction of sp³-hybridized carbons (Fsp3) is 0.600. The van der Waals surface area contributed by atoms with Gasteiger partial charge >= 0.3 is 6.18 Å². The van der Waals surface area contributed by atoms with E-state index < -0.39 is 17.3 Å². The molecule has 2 rings (SSSR count). The van der Waals surface area contributed by atoms with Gasteiger partial charge in [0.05, 0.1) is 11.2 Å². The predicted octanol–water partition coefficient (Wildman–Crippen LogP) is 2.90. The second-order valence-corrected chi connectivity index (χ2v) is 5.56. The Bertz CT molecular complexity index is 470. The summed E-state index contributed by atoms with van der Waals surface area (Å²) in [7, 11) is 0. The van der Waals surface area contributed by atoms with Crippen LogP contribution in [0.1, 0.15) is 36.9 Å². The molecule has 1 aliphatic rings. The van der Waals surface area contributed by atoms with Gasteiger partial charge in [0.2, 0.25) is 0 Å². The first-order valence-electron chi connectivity index (χ1n) is 7.01. The van der Waals surface area contributed by atoms with Crippen LogP contribution in [0.2, 0.25) is 0 Å². The number of rotatable bonds is 4. The number of halogens is 3. The van der Waals surface area contributed by atoms with E-state index in [1.807, 2.05) is 0 Å². The third-order valence-electron chi connectivity index (χ3n) is 3.87. The highest BCUT2D eigenvalue weighted by atomic mass is 19.4. The van der Waals surface area contributed by atoms with Crippen LogP contribution in [0.5, 0.6) is 0 Å². The van der Waals surface area contributed by atoms with Gasteiger partial charge in [-0.2, -0.15) is 13.2 Å². The zero-order valence-electron chi connectivity index (χ0n) is 11.9. The van der Waals surface area contributed by atoms with Crippen LogP contribution in [0.25, 0.3) is 0 Å². The molecule has 1 aliphatic heterocycles. The third kappa shape index (κ3) is 4.43. The van der Waals surface area contributed by atoms with E-state index in [1.165, 1.54) is 6.07 Å². The molecule has 2 N–H and O–H groups in total. The maximum atomic E-state index is 12.7. The molecule has 1 fully saturated rings. The largest absolute Gasteiger partial charge is 0.416 e. The fourth-order valence-electron chi connectivity index (χ4n) is 2.37. The number of nitrogens with one attached hydrogen (secondary N) is 1. The minimum Gasteiger partial charge on any atom is -0.388 e. The van der Waals surface area contributed by atoms with Gasteiger partial charge in [0.25, 0.3) is 0 Å². The van der Waals surface area contributed by atoms with Gasteiger partial charge in [0, 0.05) is 38.6 Å². The lowest BCUT2D eigenvalue weighted by Gasteiger charge is -2.33. The van der Waals surface area contributed by atoms with Gasteiger partial charge < -0.3 is 15.2 Å². The predicted molar refractivity (Wildman–Crippen MR) is 72.9 cm³/mol. The Balaban J connectivity index is 1.98. The smallest absolute Gasteiger partial charge is 0.388 e. The molecule has 118 valence electrons. The standard InChI is InChI=1S/C15H20F3NO2/c1-11(19-10-14(20)5-7-21-8-6-14)12-3-2-4-13(9-12)15(16,17)18/h2-4,9,11,19-20H,5-8,10H2,1H3. The minimum atomic E-state index is -4.34. The van der Waals surface area contributed by atoms with E-state index in [-0.39, 0.29) is 6.04 Å². The van der Waals surface area contributed by atoms with E-state index in [9.17, 15) is 18.3 Å². The summed E-state index contributed by atoms with van der Waals surface area (Å²) in [6.45, 7) is 3.15. The lowest BCUT2D eigenvalue weighted by molar-refractivity contribution is -0.137. The Labute approximate surface area is 122 Å². The van der Waals surface area contributed by atoms with Crippen molar-refractivity contribution in [2.45, 2.75) is 37.6 Å². The Morgan fingerprint density at radius 2 is 2.00 bits per heavy atom. The topological polar surface area (TPSA) is 41.5 Å². The van der Waals surface area contributed by atoms with E-state index >= 15 is 0 Å². The highest BCUT2D eigenvalue weighted by Crippen LogP contribution is 2.31.